The molecule has 0 saturated carbocycles. The van der Waals surface area contributed by atoms with Crippen molar-refractivity contribution < 1.29 is 4.79 Å². The average Bonchev–Trinajstić information content (AvgIpc) is 2.58. The molecule has 2 atom stereocenters. The summed E-state index contributed by atoms with van der Waals surface area (Å²) in [4.78, 5) is 14.0. The second kappa shape index (κ2) is 5.72. The molecule has 1 saturated heterocycles. The van der Waals surface area contributed by atoms with Crippen LogP contribution in [0, 0.1) is 17.2 Å². The molecular weight excluding hydrogens is 240 g/mol. The Hall–Kier alpha value is -2.06. The normalized spacial score (nSPS) is 23.4. The van der Waals surface area contributed by atoms with E-state index >= 15 is 0 Å². The molecule has 1 aliphatic heterocycles. The number of nitrogens with zero attached hydrogens (tertiary/aromatic N) is 2. The van der Waals surface area contributed by atoms with Gasteiger partial charge in [0.15, 0.2) is 0 Å². The molecule has 0 spiro atoms. The lowest BCUT2D eigenvalue weighted by Crippen LogP contribution is -2.49. The maximum Gasteiger partial charge on any atom is 0.244 e. The molecule has 1 aromatic rings. The molecule has 100 valence electrons. The van der Waals surface area contributed by atoms with Gasteiger partial charge < -0.3 is 16.0 Å². The van der Waals surface area contributed by atoms with Crippen LogP contribution in [-0.2, 0) is 4.79 Å². The molecule has 0 bridgehead atoms. The smallest absolute Gasteiger partial charge is 0.244 e. The lowest BCUT2D eigenvalue weighted by molar-refractivity contribution is -0.121. The van der Waals surface area contributed by atoms with Crippen molar-refractivity contribution in [3.63, 3.8) is 0 Å². The second-order valence-corrected chi connectivity index (χ2v) is 4.91. The highest BCUT2D eigenvalue weighted by Gasteiger charge is 2.29. The molecule has 0 radical (unpaired) electrons. The fraction of sp³-hybridized carbons (Fsp3) is 0.429. The summed E-state index contributed by atoms with van der Waals surface area (Å²) in [5, 5.41) is 11.7. The number of hydrogen-bond donors (Lipinski definition) is 2. The van der Waals surface area contributed by atoms with Crippen LogP contribution in [0.2, 0.25) is 0 Å². The molecule has 3 N–H and O–H groups in total. The molecule has 5 nitrogen and oxygen atoms in total. The minimum absolute atomic E-state index is 0.0313. The average molecular weight is 258 g/mol. The summed E-state index contributed by atoms with van der Waals surface area (Å²) >= 11 is 0. The minimum atomic E-state index is -0.349. The van der Waals surface area contributed by atoms with E-state index in [0.29, 0.717) is 18.0 Å². The van der Waals surface area contributed by atoms with E-state index in [4.69, 9.17) is 11.0 Å². The fourth-order valence-electron chi connectivity index (χ4n) is 2.31. The number of carbonyl (C=O) groups is 1. The van der Waals surface area contributed by atoms with Crippen LogP contribution in [0.5, 0.6) is 0 Å². The summed E-state index contributed by atoms with van der Waals surface area (Å²) < 4.78 is 0. The zero-order chi connectivity index (χ0) is 13.8. The van der Waals surface area contributed by atoms with E-state index < -0.39 is 0 Å². The third-order valence-electron chi connectivity index (χ3n) is 3.36. The van der Waals surface area contributed by atoms with E-state index in [9.17, 15) is 4.79 Å². The summed E-state index contributed by atoms with van der Waals surface area (Å²) in [6.07, 6.45) is 0. The Morgan fingerprint density at radius 1 is 1.47 bits per heavy atom. The number of carbonyl (C=O) groups excluding carboxylic acids is 1. The maximum absolute atomic E-state index is 12.0. The van der Waals surface area contributed by atoms with Gasteiger partial charge in [-0.05, 0) is 30.2 Å². The molecule has 1 aromatic carbocycles. The number of nitrogens with one attached hydrogen (secondary N) is 1. The summed E-state index contributed by atoms with van der Waals surface area (Å²) in [6.45, 7) is 3.81. The van der Waals surface area contributed by atoms with Gasteiger partial charge in [-0.2, -0.15) is 5.26 Å². The zero-order valence-electron chi connectivity index (χ0n) is 11.0. The Bertz CT molecular complexity index is 491. The maximum atomic E-state index is 12.0. The summed E-state index contributed by atoms with van der Waals surface area (Å²) in [6, 6.07) is 9.00. The van der Waals surface area contributed by atoms with Gasteiger partial charge in [0.2, 0.25) is 5.91 Å². The molecule has 1 aliphatic rings. The molecule has 1 fully saturated rings. The van der Waals surface area contributed by atoms with Gasteiger partial charge in [0.05, 0.1) is 11.6 Å². The van der Waals surface area contributed by atoms with Gasteiger partial charge in [-0.15, -0.1) is 0 Å². The van der Waals surface area contributed by atoms with Crippen LogP contribution in [0.1, 0.15) is 12.5 Å². The Labute approximate surface area is 113 Å². The SMILES string of the molecule is CC1CNC(=O)C(CN)N(c2ccc(C#N)cc2)C1. The lowest BCUT2D eigenvalue weighted by atomic mass is 10.1. The van der Waals surface area contributed by atoms with Crippen LogP contribution in [-0.4, -0.2) is 31.6 Å². The van der Waals surface area contributed by atoms with Crippen molar-refractivity contribution in [1.82, 2.24) is 5.32 Å². The molecule has 1 amide bonds. The Kier molecular flexibility index (Phi) is 4.03. The molecular formula is C14H18N4O. The van der Waals surface area contributed by atoms with Gasteiger partial charge in [0.25, 0.3) is 0 Å². The third kappa shape index (κ3) is 2.85. The van der Waals surface area contributed by atoms with Crippen molar-refractivity contribution in [3.8, 4) is 6.07 Å². The van der Waals surface area contributed by atoms with Crippen molar-refractivity contribution in [2.75, 3.05) is 24.5 Å². The number of benzene rings is 1. The molecule has 0 aromatic heterocycles. The van der Waals surface area contributed by atoms with E-state index in [-0.39, 0.29) is 18.5 Å². The lowest BCUT2D eigenvalue weighted by Gasteiger charge is -2.30. The second-order valence-electron chi connectivity index (χ2n) is 4.91. The van der Waals surface area contributed by atoms with Crippen LogP contribution in [0.3, 0.4) is 0 Å². The number of nitriles is 1. The predicted octanol–water partition coefficient (Wildman–Crippen LogP) is 0.458. The van der Waals surface area contributed by atoms with E-state index in [0.717, 1.165) is 12.2 Å². The van der Waals surface area contributed by atoms with Gasteiger partial charge in [-0.1, -0.05) is 6.92 Å². The first-order valence-electron chi connectivity index (χ1n) is 6.40. The molecule has 1 heterocycles. The van der Waals surface area contributed by atoms with Crippen molar-refractivity contribution in [2.24, 2.45) is 11.7 Å². The van der Waals surface area contributed by atoms with Crippen molar-refractivity contribution in [2.45, 2.75) is 13.0 Å². The van der Waals surface area contributed by atoms with Crippen LogP contribution >= 0.6 is 0 Å². The van der Waals surface area contributed by atoms with Gasteiger partial charge in [-0.3, -0.25) is 4.79 Å². The van der Waals surface area contributed by atoms with Crippen molar-refractivity contribution in [1.29, 1.82) is 5.26 Å². The third-order valence-corrected chi connectivity index (χ3v) is 3.36. The predicted molar refractivity (Wildman–Crippen MR) is 73.5 cm³/mol. The number of anilines is 1. The van der Waals surface area contributed by atoms with E-state index in [1.165, 1.54) is 0 Å². The van der Waals surface area contributed by atoms with Crippen LogP contribution in [0.4, 0.5) is 5.69 Å². The van der Waals surface area contributed by atoms with Gasteiger partial charge in [0.1, 0.15) is 6.04 Å². The largest absolute Gasteiger partial charge is 0.358 e. The first-order chi connectivity index (χ1) is 9.15. The molecule has 19 heavy (non-hydrogen) atoms. The van der Waals surface area contributed by atoms with Crippen molar-refractivity contribution in [3.05, 3.63) is 29.8 Å². The van der Waals surface area contributed by atoms with Crippen LogP contribution in [0.25, 0.3) is 0 Å². The van der Waals surface area contributed by atoms with E-state index in [2.05, 4.69) is 18.3 Å². The first kappa shape index (κ1) is 13.4. The first-order valence-corrected chi connectivity index (χ1v) is 6.40. The summed E-state index contributed by atoms with van der Waals surface area (Å²) in [7, 11) is 0. The van der Waals surface area contributed by atoms with Crippen molar-refractivity contribution >= 4 is 11.6 Å². The monoisotopic (exact) mass is 258 g/mol. The van der Waals surface area contributed by atoms with Crippen LogP contribution in [0.15, 0.2) is 24.3 Å². The Morgan fingerprint density at radius 2 is 2.16 bits per heavy atom. The van der Waals surface area contributed by atoms with Gasteiger partial charge >= 0.3 is 0 Å². The summed E-state index contributed by atoms with van der Waals surface area (Å²) in [5.41, 5.74) is 7.28. The molecule has 0 aliphatic carbocycles. The van der Waals surface area contributed by atoms with Gasteiger partial charge in [-0.25, -0.2) is 0 Å². The number of nitrogens with two attached hydrogens (primary N) is 1. The number of amides is 1. The fourth-order valence-corrected chi connectivity index (χ4v) is 2.31. The van der Waals surface area contributed by atoms with Crippen LogP contribution < -0.4 is 16.0 Å². The summed E-state index contributed by atoms with van der Waals surface area (Å²) in [5.74, 6) is 0.326. The zero-order valence-corrected chi connectivity index (χ0v) is 11.0. The Morgan fingerprint density at radius 3 is 2.74 bits per heavy atom. The highest BCUT2D eigenvalue weighted by molar-refractivity contribution is 5.86. The molecule has 5 heteroatoms. The minimum Gasteiger partial charge on any atom is -0.358 e. The van der Waals surface area contributed by atoms with Gasteiger partial charge in [0, 0.05) is 25.3 Å². The highest BCUT2D eigenvalue weighted by atomic mass is 16.2. The number of hydrogen-bond acceptors (Lipinski definition) is 4. The quantitative estimate of drug-likeness (QED) is 0.807. The van der Waals surface area contributed by atoms with E-state index in [1.54, 1.807) is 12.1 Å². The molecule has 2 rings (SSSR count). The number of rotatable bonds is 2. The Balaban J connectivity index is 2.31. The van der Waals surface area contributed by atoms with E-state index in [1.807, 2.05) is 17.0 Å². The topological polar surface area (TPSA) is 82.2 Å². The highest BCUT2D eigenvalue weighted by Crippen LogP contribution is 2.21. The molecule has 2 unspecified atom stereocenters. The standard InChI is InChI=1S/C14H18N4O/c1-10-8-17-14(19)13(7-16)18(9-10)12-4-2-11(6-15)3-5-12/h2-5,10,13H,7-9,16H2,1H3,(H,17,19).